The van der Waals surface area contributed by atoms with Crippen LogP contribution in [0.15, 0.2) is 73.1 Å². The van der Waals surface area contributed by atoms with E-state index in [1.54, 1.807) is 54.3 Å². The summed E-state index contributed by atoms with van der Waals surface area (Å²) >= 11 is 0. The number of aromatic nitrogens is 4. The van der Waals surface area contributed by atoms with Gasteiger partial charge in [-0.15, -0.1) is 0 Å². The zero-order chi connectivity index (χ0) is 20.9. The predicted molar refractivity (Wildman–Crippen MR) is 114 cm³/mol. The van der Waals surface area contributed by atoms with Crippen LogP contribution in [0.25, 0.3) is 5.82 Å². The number of rotatable bonds is 6. The van der Waals surface area contributed by atoms with Crippen LogP contribution in [0.1, 0.15) is 17.0 Å². The Bertz CT molecular complexity index is 1150. The molecule has 0 radical (unpaired) electrons. The van der Waals surface area contributed by atoms with Crippen LogP contribution in [0.3, 0.4) is 0 Å². The van der Waals surface area contributed by atoms with Crippen LogP contribution < -0.4 is 10.1 Å². The Balaban J connectivity index is 1.41. The molecule has 4 rings (SSSR count). The fourth-order valence-electron chi connectivity index (χ4n) is 3.04. The van der Waals surface area contributed by atoms with Gasteiger partial charge >= 0.3 is 0 Å². The monoisotopic (exact) mass is 399 g/mol. The highest BCUT2D eigenvalue weighted by Gasteiger charge is 2.08. The first-order valence-electron chi connectivity index (χ1n) is 9.54. The number of amides is 1. The van der Waals surface area contributed by atoms with Crippen molar-refractivity contribution >= 4 is 11.6 Å². The van der Waals surface area contributed by atoms with Gasteiger partial charge in [-0.3, -0.25) is 4.79 Å². The third-order valence-electron chi connectivity index (χ3n) is 4.35. The molecule has 0 fully saturated rings. The Hall–Kier alpha value is -4.00. The SMILES string of the molecule is Cc1cccc(CC(=O)Nc2ccc(Oc3cc(-n4cccn4)nc(C)n3)cc2)c1. The van der Waals surface area contributed by atoms with Gasteiger partial charge in [0.05, 0.1) is 6.42 Å². The average Bonchev–Trinajstić information content (AvgIpc) is 3.24. The van der Waals surface area contributed by atoms with Crippen LogP contribution in [0.2, 0.25) is 0 Å². The number of nitrogens with zero attached hydrogens (tertiary/aromatic N) is 4. The van der Waals surface area contributed by atoms with Gasteiger partial charge in [-0.1, -0.05) is 29.8 Å². The first-order chi connectivity index (χ1) is 14.5. The molecule has 1 N–H and O–H groups in total. The lowest BCUT2D eigenvalue weighted by molar-refractivity contribution is -0.115. The molecule has 2 heterocycles. The van der Waals surface area contributed by atoms with Gasteiger partial charge in [0.25, 0.3) is 0 Å². The number of aryl methyl sites for hydroxylation is 2. The van der Waals surface area contributed by atoms with Crippen LogP contribution in [0, 0.1) is 13.8 Å². The van der Waals surface area contributed by atoms with E-state index in [-0.39, 0.29) is 5.91 Å². The van der Waals surface area contributed by atoms with E-state index < -0.39 is 0 Å². The number of carbonyl (C=O) groups excluding carboxylic acids is 1. The van der Waals surface area contributed by atoms with Crippen LogP contribution in [0.4, 0.5) is 5.69 Å². The zero-order valence-electron chi connectivity index (χ0n) is 16.7. The van der Waals surface area contributed by atoms with E-state index in [4.69, 9.17) is 4.74 Å². The molecule has 0 atom stereocenters. The fourth-order valence-corrected chi connectivity index (χ4v) is 3.04. The summed E-state index contributed by atoms with van der Waals surface area (Å²) in [6.07, 6.45) is 3.82. The summed E-state index contributed by atoms with van der Waals surface area (Å²) in [5.41, 5.74) is 2.83. The lowest BCUT2D eigenvalue weighted by Crippen LogP contribution is -2.14. The molecular weight excluding hydrogens is 378 g/mol. The quantitative estimate of drug-likeness (QED) is 0.524. The summed E-state index contributed by atoms with van der Waals surface area (Å²) in [7, 11) is 0. The molecule has 150 valence electrons. The third-order valence-corrected chi connectivity index (χ3v) is 4.35. The van der Waals surface area contributed by atoms with E-state index in [1.165, 1.54) is 0 Å². The van der Waals surface area contributed by atoms with Gasteiger partial charge in [-0.2, -0.15) is 10.1 Å². The Morgan fingerprint density at radius 1 is 1.03 bits per heavy atom. The van der Waals surface area contributed by atoms with Crippen LogP contribution in [0.5, 0.6) is 11.6 Å². The van der Waals surface area contributed by atoms with Crippen molar-refractivity contribution < 1.29 is 9.53 Å². The van der Waals surface area contributed by atoms with Crippen LogP contribution in [-0.2, 0) is 11.2 Å². The molecule has 7 heteroatoms. The van der Waals surface area contributed by atoms with Gasteiger partial charge in [-0.25, -0.2) is 9.67 Å². The molecule has 2 aromatic heterocycles. The maximum Gasteiger partial charge on any atom is 0.228 e. The number of ether oxygens (including phenoxy) is 1. The van der Waals surface area contributed by atoms with Gasteiger partial charge in [0.1, 0.15) is 11.6 Å². The van der Waals surface area contributed by atoms with Gasteiger partial charge in [-0.05, 0) is 49.7 Å². The average molecular weight is 399 g/mol. The summed E-state index contributed by atoms with van der Waals surface area (Å²) in [4.78, 5) is 21.0. The highest BCUT2D eigenvalue weighted by atomic mass is 16.5. The number of hydrogen-bond donors (Lipinski definition) is 1. The number of anilines is 1. The fraction of sp³-hybridized carbons (Fsp3) is 0.130. The van der Waals surface area contributed by atoms with Crippen molar-refractivity contribution in [1.29, 1.82) is 0 Å². The van der Waals surface area contributed by atoms with Gasteiger partial charge in [0.2, 0.25) is 11.8 Å². The molecule has 30 heavy (non-hydrogen) atoms. The van der Waals surface area contributed by atoms with E-state index >= 15 is 0 Å². The lowest BCUT2D eigenvalue weighted by atomic mass is 10.1. The van der Waals surface area contributed by atoms with Crippen molar-refractivity contribution in [2.24, 2.45) is 0 Å². The van der Waals surface area contributed by atoms with Crippen molar-refractivity contribution in [3.05, 3.63) is 90.0 Å². The van der Waals surface area contributed by atoms with Crippen LogP contribution >= 0.6 is 0 Å². The minimum Gasteiger partial charge on any atom is -0.439 e. The highest BCUT2D eigenvalue weighted by molar-refractivity contribution is 5.92. The highest BCUT2D eigenvalue weighted by Crippen LogP contribution is 2.23. The minimum absolute atomic E-state index is 0.0652. The summed E-state index contributed by atoms with van der Waals surface area (Å²) in [5, 5.41) is 7.09. The first kappa shape index (κ1) is 19.3. The first-order valence-corrected chi connectivity index (χ1v) is 9.54. The Kier molecular flexibility index (Phi) is 5.52. The van der Waals surface area contributed by atoms with E-state index in [1.807, 2.05) is 37.3 Å². The second-order valence-electron chi connectivity index (χ2n) is 6.90. The van der Waals surface area contributed by atoms with E-state index in [0.717, 1.165) is 11.1 Å². The minimum atomic E-state index is -0.0652. The normalized spacial score (nSPS) is 10.6. The van der Waals surface area contributed by atoms with Gasteiger partial charge < -0.3 is 10.1 Å². The molecular formula is C23H21N5O2. The second kappa shape index (κ2) is 8.57. The van der Waals surface area contributed by atoms with Crippen molar-refractivity contribution in [3.63, 3.8) is 0 Å². The molecule has 4 aromatic rings. The van der Waals surface area contributed by atoms with E-state index in [2.05, 4.69) is 20.4 Å². The van der Waals surface area contributed by atoms with Gasteiger partial charge in [0, 0.05) is 24.1 Å². The molecule has 0 aliphatic rings. The van der Waals surface area contributed by atoms with Crippen molar-refractivity contribution in [3.8, 4) is 17.4 Å². The summed E-state index contributed by atoms with van der Waals surface area (Å²) in [6.45, 7) is 3.81. The molecule has 0 aliphatic carbocycles. The molecule has 0 saturated carbocycles. The summed E-state index contributed by atoms with van der Waals surface area (Å²) < 4.78 is 7.51. The third kappa shape index (κ3) is 4.88. The maximum absolute atomic E-state index is 12.3. The zero-order valence-corrected chi connectivity index (χ0v) is 16.7. The number of nitrogens with one attached hydrogen (secondary N) is 1. The van der Waals surface area contributed by atoms with E-state index in [0.29, 0.717) is 35.4 Å². The Morgan fingerprint density at radius 3 is 2.60 bits per heavy atom. The number of carbonyl (C=O) groups is 1. The number of hydrogen-bond acceptors (Lipinski definition) is 5. The Morgan fingerprint density at radius 2 is 1.87 bits per heavy atom. The van der Waals surface area contributed by atoms with E-state index in [9.17, 15) is 4.79 Å². The Labute approximate surface area is 174 Å². The predicted octanol–water partition coefficient (Wildman–Crippen LogP) is 4.25. The molecule has 7 nitrogen and oxygen atoms in total. The molecule has 2 aromatic carbocycles. The topological polar surface area (TPSA) is 81.9 Å². The smallest absolute Gasteiger partial charge is 0.228 e. The van der Waals surface area contributed by atoms with Crippen LogP contribution in [-0.4, -0.2) is 25.7 Å². The molecule has 0 aliphatic heterocycles. The molecule has 0 saturated heterocycles. The molecule has 0 bridgehead atoms. The van der Waals surface area contributed by atoms with Crippen molar-refractivity contribution in [1.82, 2.24) is 19.7 Å². The molecule has 0 unspecified atom stereocenters. The summed E-state index contributed by atoms with van der Waals surface area (Å²) in [6, 6.07) is 18.6. The lowest BCUT2D eigenvalue weighted by Gasteiger charge is -2.09. The largest absolute Gasteiger partial charge is 0.439 e. The maximum atomic E-state index is 12.3. The van der Waals surface area contributed by atoms with Crippen molar-refractivity contribution in [2.75, 3.05) is 5.32 Å². The second-order valence-corrected chi connectivity index (χ2v) is 6.90. The molecule has 1 amide bonds. The number of benzene rings is 2. The standard InChI is InChI=1S/C23H21N5O2/c1-16-5-3-6-18(13-16)14-22(29)27-19-7-9-20(10-8-19)30-23-15-21(25-17(2)26-23)28-12-4-11-24-28/h3-13,15H,14H2,1-2H3,(H,27,29). The summed E-state index contributed by atoms with van der Waals surface area (Å²) in [5.74, 6) is 2.17. The van der Waals surface area contributed by atoms with Crippen molar-refractivity contribution in [2.45, 2.75) is 20.3 Å². The molecule has 0 spiro atoms. The van der Waals surface area contributed by atoms with Gasteiger partial charge in [0.15, 0.2) is 5.82 Å².